The molecule has 0 saturated carbocycles. The van der Waals surface area contributed by atoms with Crippen molar-refractivity contribution in [1.29, 1.82) is 0 Å². The Kier molecular flexibility index (Phi) is 4.24. The largest absolute Gasteiger partial charge is 0.496 e. The second-order valence-corrected chi connectivity index (χ2v) is 4.50. The number of anilines is 1. The molecule has 6 heteroatoms. The predicted octanol–water partition coefficient (Wildman–Crippen LogP) is 3.65. The molecule has 1 heterocycles. The molecular weight excluding hydrogens is 287 g/mol. The highest BCUT2D eigenvalue weighted by molar-refractivity contribution is 6.34. The van der Waals surface area contributed by atoms with E-state index in [0.717, 1.165) is 0 Å². The topological polar surface area (TPSA) is 51.2 Å². The molecule has 0 unspecified atom stereocenters. The fourth-order valence-electron chi connectivity index (χ4n) is 1.51. The van der Waals surface area contributed by atoms with Crippen molar-refractivity contribution in [1.82, 2.24) is 4.98 Å². The van der Waals surface area contributed by atoms with Crippen LogP contribution in [0.1, 0.15) is 10.4 Å². The van der Waals surface area contributed by atoms with Gasteiger partial charge in [-0.25, -0.2) is 0 Å². The van der Waals surface area contributed by atoms with Crippen molar-refractivity contribution in [3.8, 4) is 5.75 Å². The Morgan fingerprint density at radius 1 is 1.32 bits per heavy atom. The Morgan fingerprint density at radius 3 is 2.79 bits per heavy atom. The summed E-state index contributed by atoms with van der Waals surface area (Å²) in [5.74, 6) is 0.0495. The zero-order valence-electron chi connectivity index (χ0n) is 9.98. The fourth-order valence-corrected chi connectivity index (χ4v) is 1.83. The van der Waals surface area contributed by atoms with E-state index in [1.807, 2.05) is 0 Å². The van der Waals surface area contributed by atoms with Crippen LogP contribution in [0, 0.1) is 0 Å². The number of nitrogens with one attached hydrogen (secondary N) is 1. The quantitative estimate of drug-likeness (QED) is 0.940. The average molecular weight is 297 g/mol. The lowest BCUT2D eigenvalue weighted by molar-refractivity contribution is 0.102. The highest BCUT2D eigenvalue weighted by atomic mass is 35.5. The molecule has 1 aromatic heterocycles. The standard InChI is InChI=1S/C13H10Cl2N2O2/c1-19-12-6-8(14)2-3-9(12)13(18)17-11-7-16-5-4-10(11)15/h2-7H,1H3,(H,17,18). The van der Waals surface area contributed by atoms with Crippen LogP contribution in [0.4, 0.5) is 5.69 Å². The van der Waals surface area contributed by atoms with Crippen molar-refractivity contribution in [3.63, 3.8) is 0 Å². The number of pyridine rings is 1. The Balaban J connectivity index is 2.28. The summed E-state index contributed by atoms with van der Waals surface area (Å²) in [6, 6.07) is 6.36. The van der Waals surface area contributed by atoms with Crippen molar-refractivity contribution >= 4 is 34.8 Å². The maximum atomic E-state index is 12.1. The van der Waals surface area contributed by atoms with Crippen LogP contribution in [-0.4, -0.2) is 18.0 Å². The molecule has 98 valence electrons. The van der Waals surface area contributed by atoms with Gasteiger partial charge in [-0.3, -0.25) is 9.78 Å². The molecule has 0 atom stereocenters. The highest BCUT2D eigenvalue weighted by Gasteiger charge is 2.14. The van der Waals surface area contributed by atoms with E-state index >= 15 is 0 Å². The number of methoxy groups -OCH3 is 1. The lowest BCUT2D eigenvalue weighted by atomic mass is 10.2. The first kappa shape index (κ1) is 13.6. The number of hydrogen-bond donors (Lipinski definition) is 1. The van der Waals surface area contributed by atoms with Crippen LogP contribution in [-0.2, 0) is 0 Å². The van der Waals surface area contributed by atoms with E-state index in [1.54, 1.807) is 30.5 Å². The first-order chi connectivity index (χ1) is 9.11. The lowest BCUT2D eigenvalue weighted by Crippen LogP contribution is -2.13. The average Bonchev–Trinajstić information content (AvgIpc) is 2.41. The normalized spacial score (nSPS) is 10.1. The van der Waals surface area contributed by atoms with Crippen LogP contribution >= 0.6 is 23.2 Å². The molecule has 0 aliphatic heterocycles. The smallest absolute Gasteiger partial charge is 0.259 e. The molecule has 0 spiro atoms. The molecule has 1 N–H and O–H groups in total. The third-order valence-electron chi connectivity index (χ3n) is 2.42. The first-order valence-electron chi connectivity index (χ1n) is 5.36. The molecular formula is C13H10Cl2N2O2. The SMILES string of the molecule is COc1cc(Cl)ccc1C(=O)Nc1cnccc1Cl. The molecule has 0 saturated heterocycles. The number of ether oxygens (including phenoxy) is 1. The van der Waals surface area contributed by atoms with Gasteiger partial charge in [0.2, 0.25) is 0 Å². The summed E-state index contributed by atoms with van der Waals surface area (Å²) in [4.78, 5) is 16.0. The van der Waals surface area contributed by atoms with Crippen LogP contribution in [0.25, 0.3) is 0 Å². The lowest BCUT2D eigenvalue weighted by Gasteiger charge is -2.10. The van der Waals surface area contributed by atoms with Gasteiger partial charge in [0.05, 0.1) is 29.6 Å². The van der Waals surface area contributed by atoms with Gasteiger partial charge in [0.25, 0.3) is 5.91 Å². The van der Waals surface area contributed by atoms with E-state index < -0.39 is 0 Å². The number of aromatic nitrogens is 1. The molecule has 4 nitrogen and oxygen atoms in total. The number of rotatable bonds is 3. The van der Waals surface area contributed by atoms with Crippen molar-refractivity contribution < 1.29 is 9.53 Å². The van der Waals surface area contributed by atoms with Gasteiger partial charge >= 0.3 is 0 Å². The van der Waals surface area contributed by atoms with Gasteiger partial charge in [-0.2, -0.15) is 0 Å². The second kappa shape index (κ2) is 5.91. The summed E-state index contributed by atoms with van der Waals surface area (Å²) in [6.07, 6.45) is 3.02. The predicted molar refractivity (Wildman–Crippen MR) is 75.2 cm³/mol. The van der Waals surface area contributed by atoms with Gasteiger partial charge in [-0.05, 0) is 24.3 Å². The van der Waals surface area contributed by atoms with Gasteiger partial charge in [-0.15, -0.1) is 0 Å². The summed E-state index contributed by atoms with van der Waals surface area (Å²) >= 11 is 11.8. The summed E-state index contributed by atoms with van der Waals surface area (Å²) in [7, 11) is 1.47. The number of amides is 1. The number of halogens is 2. The van der Waals surface area contributed by atoms with Crippen molar-refractivity contribution in [2.45, 2.75) is 0 Å². The molecule has 0 aliphatic rings. The minimum atomic E-state index is -0.344. The van der Waals surface area contributed by atoms with Crippen LogP contribution in [0.3, 0.4) is 0 Å². The van der Waals surface area contributed by atoms with Crippen LogP contribution in [0.2, 0.25) is 10.0 Å². The molecule has 0 bridgehead atoms. The maximum Gasteiger partial charge on any atom is 0.259 e. The summed E-state index contributed by atoms with van der Waals surface area (Å²) in [5, 5.41) is 3.57. The number of nitrogens with zero attached hydrogens (tertiary/aromatic N) is 1. The van der Waals surface area contributed by atoms with E-state index in [-0.39, 0.29) is 5.91 Å². The monoisotopic (exact) mass is 296 g/mol. The Bertz CT molecular complexity index is 617. The second-order valence-electron chi connectivity index (χ2n) is 3.65. The molecule has 19 heavy (non-hydrogen) atoms. The Morgan fingerprint density at radius 2 is 2.11 bits per heavy atom. The van der Waals surface area contributed by atoms with Crippen LogP contribution in [0.5, 0.6) is 5.75 Å². The highest BCUT2D eigenvalue weighted by Crippen LogP contribution is 2.25. The van der Waals surface area contributed by atoms with Crippen molar-refractivity contribution in [2.24, 2.45) is 0 Å². The number of carbonyl (C=O) groups is 1. The van der Waals surface area contributed by atoms with Crippen molar-refractivity contribution in [2.75, 3.05) is 12.4 Å². The van der Waals surface area contributed by atoms with Crippen LogP contribution < -0.4 is 10.1 Å². The summed E-state index contributed by atoms with van der Waals surface area (Å²) in [6.45, 7) is 0. The molecule has 0 radical (unpaired) electrons. The Labute approximate surface area is 120 Å². The van der Waals surface area contributed by atoms with Gasteiger partial charge in [0.15, 0.2) is 0 Å². The van der Waals surface area contributed by atoms with E-state index in [9.17, 15) is 4.79 Å². The minimum absolute atomic E-state index is 0.344. The first-order valence-corrected chi connectivity index (χ1v) is 6.12. The van der Waals surface area contributed by atoms with Gasteiger partial charge in [0.1, 0.15) is 5.75 Å². The zero-order valence-corrected chi connectivity index (χ0v) is 11.5. The minimum Gasteiger partial charge on any atom is -0.496 e. The summed E-state index contributed by atoms with van der Waals surface area (Å²) < 4.78 is 5.12. The molecule has 2 rings (SSSR count). The van der Waals surface area contributed by atoms with E-state index in [0.29, 0.717) is 27.0 Å². The molecule has 1 aromatic carbocycles. The number of hydrogen-bond acceptors (Lipinski definition) is 3. The zero-order chi connectivity index (χ0) is 13.8. The number of benzene rings is 1. The molecule has 2 aromatic rings. The third-order valence-corrected chi connectivity index (χ3v) is 2.99. The van der Waals surface area contributed by atoms with Gasteiger partial charge in [-0.1, -0.05) is 23.2 Å². The van der Waals surface area contributed by atoms with Crippen LogP contribution in [0.15, 0.2) is 36.7 Å². The van der Waals surface area contributed by atoms with E-state index in [1.165, 1.54) is 13.3 Å². The third kappa shape index (κ3) is 3.16. The Hall–Kier alpha value is -1.78. The van der Waals surface area contributed by atoms with E-state index in [4.69, 9.17) is 27.9 Å². The van der Waals surface area contributed by atoms with Gasteiger partial charge < -0.3 is 10.1 Å². The molecule has 1 amide bonds. The van der Waals surface area contributed by atoms with Crippen molar-refractivity contribution in [3.05, 3.63) is 52.3 Å². The number of carbonyl (C=O) groups excluding carboxylic acids is 1. The molecule has 0 aliphatic carbocycles. The summed E-state index contributed by atoms with van der Waals surface area (Å²) in [5.41, 5.74) is 0.804. The fraction of sp³-hybridized carbons (Fsp3) is 0.0769. The van der Waals surface area contributed by atoms with E-state index in [2.05, 4.69) is 10.3 Å². The molecule has 0 fully saturated rings. The maximum absolute atomic E-state index is 12.1. The van der Waals surface area contributed by atoms with Gasteiger partial charge in [0, 0.05) is 11.2 Å².